The summed E-state index contributed by atoms with van der Waals surface area (Å²) in [6.07, 6.45) is 3.88. The Bertz CT molecular complexity index is 543. The second-order valence-electron chi connectivity index (χ2n) is 6.75. The van der Waals surface area contributed by atoms with E-state index in [9.17, 15) is 4.79 Å². The molecule has 0 aromatic heterocycles. The number of hydrogen-bond donors (Lipinski definition) is 1. The first-order valence-electron chi connectivity index (χ1n) is 9.19. The van der Waals surface area contributed by atoms with E-state index in [1.165, 1.54) is 19.3 Å². The number of para-hydroxylation sites is 1. The van der Waals surface area contributed by atoms with Gasteiger partial charge in [0.1, 0.15) is 0 Å². The summed E-state index contributed by atoms with van der Waals surface area (Å²) in [5.74, 6) is 0.0294. The SMILES string of the molecule is C[C@H]1CCCCN1CCNC(=O)c1ccccc1N1CCOCC1. The highest BCUT2D eigenvalue weighted by atomic mass is 16.5. The van der Waals surface area contributed by atoms with Gasteiger partial charge in [-0.05, 0) is 38.4 Å². The minimum absolute atomic E-state index is 0.0294. The number of hydrogen-bond acceptors (Lipinski definition) is 4. The first-order chi connectivity index (χ1) is 11.8. The number of piperidine rings is 1. The van der Waals surface area contributed by atoms with Gasteiger partial charge in [0, 0.05) is 37.9 Å². The van der Waals surface area contributed by atoms with Crippen LogP contribution in [0.1, 0.15) is 36.5 Å². The minimum atomic E-state index is 0.0294. The Kier molecular flexibility index (Phi) is 6.10. The van der Waals surface area contributed by atoms with Gasteiger partial charge in [-0.3, -0.25) is 9.69 Å². The summed E-state index contributed by atoms with van der Waals surface area (Å²) >= 11 is 0. The smallest absolute Gasteiger partial charge is 0.253 e. The Hall–Kier alpha value is -1.59. The third-order valence-electron chi connectivity index (χ3n) is 5.13. The zero-order valence-corrected chi connectivity index (χ0v) is 14.7. The van der Waals surface area contributed by atoms with E-state index in [0.29, 0.717) is 12.6 Å². The lowest BCUT2D eigenvalue weighted by Gasteiger charge is -2.33. The normalized spacial score (nSPS) is 22.4. The molecule has 2 heterocycles. The van der Waals surface area contributed by atoms with Crippen molar-refractivity contribution < 1.29 is 9.53 Å². The monoisotopic (exact) mass is 331 g/mol. The molecule has 1 atom stereocenters. The molecule has 3 rings (SSSR count). The van der Waals surface area contributed by atoms with Crippen molar-refractivity contribution in [2.24, 2.45) is 0 Å². The van der Waals surface area contributed by atoms with Gasteiger partial charge in [0.05, 0.1) is 18.8 Å². The Morgan fingerprint density at radius 3 is 2.79 bits per heavy atom. The van der Waals surface area contributed by atoms with Crippen molar-refractivity contribution in [3.8, 4) is 0 Å². The summed E-state index contributed by atoms with van der Waals surface area (Å²) in [6, 6.07) is 8.52. The number of benzene rings is 1. The van der Waals surface area contributed by atoms with E-state index < -0.39 is 0 Å². The third-order valence-corrected chi connectivity index (χ3v) is 5.13. The Labute approximate surface area is 145 Å². The zero-order valence-electron chi connectivity index (χ0n) is 14.7. The van der Waals surface area contributed by atoms with E-state index in [4.69, 9.17) is 4.74 Å². The predicted octanol–water partition coefficient (Wildman–Crippen LogP) is 2.13. The number of nitrogens with zero attached hydrogens (tertiary/aromatic N) is 2. The summed E-state index contributed by atoms with van der Waals surface area (Å²) < 4.78 is 5.42. The van der Waals surface area contributed by atoms with Crippen LogP contribution >= 0.6 is 0 Å². The summed E-state index contributed by atoms with van der Waals surface area (Å²) in [5, 5.41) is 3.11. The maximum absolute atomic E-state index is 12.6. The number of carbonyl (C=O) groups excluding carboxylic acids is 1. The molecule has 1 N–H and O–H groups in total. The van der Waals surface area contributed by atoms with E-state index in [1.807, 2.05) is 24.3 Å². The van der Waals surface area contributed by atoms with Gasteiger partial charge in [0.2, 0.25) is 0 Å². The van der Waals surface area contributed by atoms with E-state index in [2.05, 4.69) is 22.0 Å². The average molecular weight is 331 g/mol. The molecular formula is C19H29N3O2. The number of amides is 1. The van der Waals surface area contributed by atoms with Crippen LogP contribution in [0.15, 0.2) is 24.3 Å². The summed E-state index contributed by atoms with van der Waals surface area (Å²) in [4.78, 5) is 17.4. The second kappa shape index (κ2) is 8.49. The molecular weight excluding hydrogens is 302 g/mol. The molecule has 5 nitrogen and oxygen atoms in total. The van der Waals surface area contributed by atoms with Crippen LogP contribution < -0.4 is 10.2 Å². The van der Waals surface area contributed by atoms with Crippen molar-refractivity contribution in [3.63, 3.8) is 0 Å². The lowest BCUT2D eigenvalue weighted by Crippen LogP contribution is -2.43. The molecule has 0 unspecified atom stereocenters. The number of likely N-dealkylation sites (tertiary alicyclic amines) is 1. The van der Waals surface area contributed by atoms with Gasteiger partial charge in [0.25, 0.3) is 5.91 Å². The van der Waals surface area contributed by atoms with Gasteiger partial charge in [-0.25, -0.2) is 0 Å². The molecule has 0 aliphatic carbocycles. The van der Waals surface area contributed by atoms with Crippen molar-refractivity contribution in [1.29, 1.82) is 0 Å². The van der Waals surface area contributed by atoms with Gasteiger partial charge in [-0.15, -0.1) is 0 Å². The van der Waals surface area contributed by atoms with Crippen LogP contribution in [-0.4, -0.2) is 62.8 Å². The number of morpholine rings is 1. The van der Waals surface area contributed by atoms with E-state index >= 15 is 0 Å². The average Bonchev–Trinajstić information content (AvgIpc) is 2.64. The molecule has 2 fully saturated rings. The molecule has 132 valence electrons. The van der Waals surface area contributed by atoms with Crippen LogP contribution in [-0.2, 0) is 4.74 Å². The van der Waals surface area contributed by atoms with Crippen LogP contribution in [0.4, 0.5) is 5.69 Å². The number of carbonyl (C=O) groups is 1. The van der Waals surface area contributed by atoms with Gasteiger partial charge in [-0.2, -0.15) is 0 Å². The topological polar surface area (TPSA) is 44.8 Å². The molecule has 2 aliphatic rings. The molecule has 2 aliphatic heterocycles. The fourth-order valence-electron chi connectivity index (χ4n) is 3.64. The lowest BCUT2D eigenvalue weighted by molar-refractivity contribution is 0.0937. The van der Waals surface area contributed by atoms with Crippen molar-refractivity contribution in [1.82, 2.24) is 10.2 Å². The van der Waals surface area contributed by atoms with Gasteiger partial charge in [-0.1, -0.05) is 18.6 Å². The van der Waals surface area contributed by atoms with Gasteiger partial charge < -0.3 is 15.0 Å². The largest absolute Gasteiger partial charge is 0.378 e. The first kappa shape index (κ1) is 17.2. The maximum atomic E-state index is 12.6. The highest BCUT2D eigenvalue weighted by Gasteiger charge is 2.20. The molecule has 0 spiro atoms. The summed E-state index contributed by atoms with van der Waals surface area (Å²) in [7, 11) is 0. The van der Waals surface area contributed by atoms with Crippen LogP contribution in [0.25, 0.3) is 0 Å². The third kappa shape index (κ3) is 4.28. The first-order valence-corrected chi connectivity index (χ1v) is 9.19. The molecule has 1 amide bonds. The van der Waals surface area contributed by atoms with Crippen LogP contribution in [0.5, 0.6) is 0 Å². The van der Waals surface area contributed by atoms with Crippen molar-refractivity contribution in [3.05, 3.63) is 29.8 Å². The van der Waals surface area contributed by atoms with Crippen molar-refractivity contribution >= 4 is 11.6 Å². The van der Waals surface area contributed by atoms with Crippen LogP contribution in [0.3, 0.4) is 0 Å². The molecule has 0 radical (unpaired) electrons. The van der Waals surface area contributed by atoms with Gasteiger partial charge >= 0.3 is 0 Å². The van der Waals surface area contributed by atoms with Crippen molar-refractivity contribution in [2.75, 3.05) is 50.8 Å². The van der Waals surface area contributed by atoms with E-state index in [-0.39, 0.29) is 5.91 Å². The molecule has 1 aromatic rings. The highest BCUT2D eigenvalue weighted by Crippen LogP contribution is 2.21. The number of anilines is 1. The standard InChI is InChI=1S/C19H29N3O2/c1-16-6-4-5-10-21(16)11-9-20-19(23)17-7-2-3-8-18(17)22-12-14-24-15-13-22/h2-3,7-8,16H,4-6,9-15H2,1H3,(H,20,23)/t16-/m0/s1. The molecule has 5 heteroatoms. The molecule has 0 saturated carbocycles. The highest BCUT2D eigenvalue weighted by molar-refractivity contribution is 5.99. The predicted molar refractivity (Wildman–Crippen MR) is 96.7 cm³/mol. The fraction of sp³-hybridized carbons (Fsp3) is 0.632. The Balaban J connectivity index is 1.56. The molecule has 2 saturated heterocycles. The summed E-state index contributed by atoms with van der Waals surface area (Å²) in [6.45, 7) is 8.22. The van der Waals surface area contributed by atoms with Crippen LogP contribution in [0.2, 0.25) is 0 Å². The molecule has 24 heavy (non-hydrogen) atoms. The second-order valence-corrected chi connectivity index (χ2v) is 6.75. The van der Waals surface area contributed by atoms with Crippen molar-refractivity contribution in [2.45, 2.75) is 32.2 Å². The number of rotatable bonds is 5. The number of nitrogens with one attached hydrogen (secondary N) is 1. The molecule has 1 aromatic carbocycles. The zero-order chi connectivity index (χ0) is 16.8. The Morgan fingerprint density at radius 1 is 1.21 bits per heavy atom. The Morgan fingerprint density at radius 2 is 2.00 bits per heavy atom. The minimum Gasteiger partial charge on any atom is -0.378 e. The van der Waals surface area contributed by atoms with Gasteiger partial charge in [0.15, 0.2) is 0 Å². The number of ether oxygens (including phenoxy) is 1. The fourth-order valence-corrected chi connectivity index (χ4v) is 3.64. The maximum Gasteiger partial charge on any atom is 0.253 e. The molecule has 0 bridgehead atoms. The lowest BCUT2D eigenvalue weighted by atomic mass is 10.0. The summed E-state index contributed by atoms with van der Waals surface area (Å²) in [5.41, 5.74) is 1.79. The van der Waals surface area contributed by atoms with E-state index in [0.717, 1.165) is 50.6 Å². The van der Waals surface area contributed by atoms with Crippen LogP contribution in [0, 0.1) is 0 Å². The van der Waals surface area contributed by atoms with E-state index in [1.54, 1.807) is 0 Å². The quantitative estimate of drug-likeness (QED) is 0.898.